The van der Waals surface area contributed by atoms with Gasteiger partial charge in [0.05, 0.1) is 0 Å². The Morgan fingerprint density at radius 2 is 1.39 bits per heavy atom. The highest BCUT2D eigenvalue weighted by Gasteiger charge is 2.71. The minimum absolute atomic E-state index is 0.107. The number of hydrogen-bond donors (Lipinski definition) is 1. The average Bonchev–Trinajstić information content (AvgIpc) is 2.11. The van der Waals surface area contributed by atoms with Crippen LogP contribution in [0.4, 0.5) is 26.3 Å². The quantitative estimate of drug-likeness (QED) is 0.619. The van der Waals surface area contributed by atoms with Gasteiger partial charge in [-0.25, -0.2) is 0 Å². The van der Waals surface area contributed by atoms with Crippen LogP contribution in [0, 0.1) is 0 Å². The summed E-state index contributed by atoms with van der Waals surface area (Å²) in [4.78, 5) is 0. The molecule has 98 valence electrons. The van der Waals surface area contributed by atoms with Gasteiger partial charge in [-0.3, -0.25) is 0 Å². The van der Waals surface area contributed by atoms with Crippen molar-refractivity contribution < 1.29 is 31.4 Å². The second-order valence-electron chi connectivity index (χ2n) is 3.48. The lowest BCUT2D eigenvalue weighted by atomic mass is 9.86. The molecule has 0 heterocycles. The lowest BCUT2D eigenvalue weighted by Gasteiger charge is -2.33. The highest BCUT2D eigenvalue weighted by Crippen LogP contribution is 2.50. The maximum absolute atomic E-state index is 12.5. The lowest BCUT2D eigenvalue weighted by Crippen LogP contribution is -2.54. The first-order chi connectivity index (χ1) is 7.89. The van der Waals surface area contributed by atoms with Crippen LogP contribution in [0.5, 0.6) is 0 Å². The van der Waals surface area contributed by atoms with Crippen molar-refractivity contribution in [1.82, 2.24) is 0 Å². The molecule has 1 nitrogen and oxygen atoms in total. The molecule has 0 aliphatic carbocycles. The Balaban J connectivity index is 3.55. The third-order valence-electron chi connectivity index (χ3n) is 2.16. The Hall–Kier alpha value is -0.695. The standard InChI is InChI=1S/C9H4BBrF6O/c10-5-1-4(2-6(11)3-5)7(18,8(12,13)14)9(15,16)17/h1-3,18H. The van der Waals surface area contributed by atoms with E-state index in [4.69, 9.17) is 13.0 Å². The SMILES string of the molecule is [B]c1cc(Br)cc(C(O)(C(F)(F)F)C(F)(F)F)c1. The first kappa shape index (κ1) is 15.4. The van der Waals surface area contributed by atoms with Gasteiger partial charge >= 0.3 is 12.4 Å². The molecular weight excluding hydrogens is 329 g/mol. The fourth-order valence-electron chi connectivity index (χ4n) is 1.31. The van der Waals surface area contributed by atoms with Crippen LogP contribution in [-0.2, 0) is 5.60 Å². The molecule has 0 amide bonds. The third kappa shape index (κ3) is 2.51. The molecule has 1 aromatic rings. The molecule has 1 N–H and O–H groups in total. The van der Waals surface area contributed by atoms with E-state index < -0.39 is 23.5 Å². The van der Waals surface area contributed by atoms with Crippen molar-refractivity contribution in [3.63, 3.8) is 0 Å². The molecule has 0 aromatic heterocycles. The van der Waals surface area contributed by atoms with Gasteiger partial charge in [0.15, 0.2) is 0 Å². The van der Waals surface area contributed by atoms with Gasteiger partial charge in [0.2, 0.25) is 0 Å². The summed E-state index contributed by atoms with van der Waals surface area (Å²) in [5, 5.41) is 9.08. The molecule has 0 aliphatic heterocycles. The minimum Gasteiger partial charge on any atom is -0.369 e. The fourth-order valence-corrected chi connectivity index (χ4v) is 1.82. The van der Waals surface area contributed by atoms with Crippen LogP contribution in [0.2, 0.25) is 0 Å². The Labute approximate surface area is 107 Å². The van der Waals surface area contributed by atoms with Gasteiger partial charge in [0.25, 0.3) is 5.60 Å². The molecule has 1 aromatic carbocycles. The van der Waals surface area contributed by atoms with Gasteiger partial charge in [-0.1, -0.05) is 33.5 Å². The number of alkyl halides is 6. The summed E-state index contributed by atoms with van der Waals surface area (Å²) >= 11 is 2.71. The van der Waals surface area contributed by atoms with E-state index >= 15 is 0 Å². The van der Waals surface area contributed by atoms with E-state index in [1.165, 1.54) is 0 Å². The van der Waals surface area contributed by atoms with Gasteiger partial charge in [0, 0.05) is 10.0 Å². The third-order valence-corrected chi connectivity index (χ3v) is 2.62. The number of rotatable bonds is 1. The lowest BCUT2D eigenvalue weighted by molar-refractivity contribution is -0.376. The van der Waals surface area contributed by atoms with Crippen molar-refractivity contribution in [3.05, 3.63) is 28.2 Å². The van der Waals surface area contributed by atoms with Crippen LogP contribution in [0.1, 0.15) is 5.56 Å². The van der Waals surface area contributed by atoms with Gasteiger partial charge in [0.1, 0.15) is 7.85 Å². The predicted molar refractivity (Wildman–Crippen MR) is 55.5 cm³/mol. The molecular formula is C9H4BBrF6O. The Morgan fingerprint density at radius 1 is 0.944 bits per heavy atom. The zero-order valence-corrected chi connectivity index (χ0v) is 9.99. The monoisotopic (exact) mass is 332 g/mol. The predicted octanol–water partition coefficient (Wildman–Crippen LogP) is 2.56. The molecule has 0 saturated heterocycles. The van der Waals surface area contributed by atoms with Crippen molar-refractivity contribution in [2.45, 2.75) is 18.0 Å². The molecule has 0 bridgehead atoms. The van der Waals surface area contributed by atoms with Crippen molar-refractivity contribution >= 4 is 29.2 Å². The largest absolute Gasteiger partial charge is 0.430 e. The molecule has 1 rings (SSSR count). The highest BCUT2D eigenvalue weighted by atomic mass is 79.9. The summed E-state index contributed by atoms with van der Waals surface area (Å²) < 4.78 is 75.0. The maximum Gasteiger partial charge on any atom is 0.430 e. The number of benzene rings is 1. The van der Waals surface area contributed by atoms with E-state index in [1.54, 1.807) is 0 Å². The van der Waals surface area contributed by atoms with Crippen LogP contribution < -0.4 is 5.46 Å². The van der Waals surface area contributed by atoms with Crippen LogP contribution in [-0.4, -0.2) is 25.3 Å². The Bertz CT molecular complexity index is 421. The van der Waals surface area contributed by atoms with Crippen LogP contribution in [0.25, 0.3) is 0 Å². The van der Waals surface area contributed by atoms with E-state index in [0.717, 1.165) is 6.07 Å². The zero-order valence-electron chi connectivity index (χ0n) is 8.40. The van der Waals surface area contributed by atoms with Crippen LogP contribution in [0.15, 0.2) is 22.7 Å². The summed E-state index contributed by atoms with van der Waals surface area (Å²) in [5.74, 6) is 0. The van der Waals surface area contributed by atoms with Crippen molar-refractivity contribution in [2.24, 2.45) is 0 Å². The summed E-state index contributed by atoms with van der Waals surface area (Å²) in [6, 6.07) is 2.04. The van der Waals surface area contributed by atoms with E-state index in [1.807, 2.05) is 0 Å². The molecule has 0 aliphatic rings. The summed E-state index contributed by atoms with van der Waals surface area (Å²) in [6.07, 6.45) is -11.8. The Morgan fingerprint density at radius 3 is 1.72 bits per heavy atom. The molecule has 0 saturated carbocycles. The van der Waals surface area contributed by atoms with Crippen molar-refractivity contribution in [1.29, 1.82) is 0 Å². The molecule has 2 radical (unpaired) electrons. The first-order valence-corrected chi connectivity index (χ1v) is 5.11. The molecule has 0 fully saturated rings. The van der Waals surface area contributed by atoms with E-state index in [0.29, 0.717) is 12.1 Å². The second kappa shape index (κ2) is 4.45. The molecule has 18 heavy (non-hydrogen) atoms. The summed E-state index contributed by atoms with van der Waals surface area (Å²) in [7, 11) is 5.17. The average molecular weight is 333 g/mol. The second-order valence-corrected chi connectivity index (χ2v) is 4.39. The van der Waals surface area contributed by atoms with Crippen LogP contribution >= 0.6 is 15.9 Å². The van der Waals surface area contributed by atoms with E-state index in [9.17, 15) is 26.3 Å². The van der Waals surface area contributed by atoms with Crippen molar-refractivity contribution in [3.8, 4) is 0 Å². The highest BCUT2D eigenvalue weighted by molar-refractivity contribution is 9.10. The normalized spacial score (nSPS) is 13.8. The van der Waals surface area contributed by atoms with Gasteiger partial charge in [-0.15, -0.1) is 0 Å². The number of halogens is 7. The number of hydrogen-bond acceptors (Lipinski definition) is 1. The molecule has 0 spiro atoms. The van der Waals surface area contributed by atoms with Crippen LogP contribution in [0.3, 0.4) is 0 Å². The van der Waals surface area contributed by atoms with E-state index in [-0.39, 0.29) is 9.94 Å². The van der Waals surface area contributed by atoms with Gasteiger partial charge in [-0.2, -0.15) is 26.3 Å². The molecule has 9 heteroatoms. The maximum atomic E-state index is 12.5. The smallest absolute Gasteiger partial charge is 0.369 e. The fraction of sp³-hybridized carbons (Fsp3) is 0.333. The topological polar surface area (TPSA) is 20.2 Å². The van der Waals surface area contributed by atoms with Gasteiger partial charge in [-0.05, 0) is 6.07 Å². The van der Waals surface area contributed by atoms with Crippen molar-refractivity contribution in [2.75, 3.05) is 0 Å². The zero-order chi connectivity index (χ0) is 14.4. The number of aliphatic hydroxyl groups is 1. The Kier molecular flexibility index (Phi) is 3.80. The molecule has 0 atom stereocenters. The molecule has 0 unspecified atom stereocenters. The van der Waals surface area contributed by atoms with Gasteiger partial charge < -0.3 is 5.11 Å². The summed E-state index contributed by atoms with van der Waals surface area (Å²) in [6.45, 7) is 0. The first-order valence-electron chi connectivity index (χ1n) is 4.32. The summed E-state index contributed by atoms with van der Waals surface area (Å²) in [5.41, 5.74) is -6.70. The van der Waals surface area contributed by atoms with E-state index in [2.05, 4.69) is 15.9 Å². The minimum atomic E-state index is -5.92.